The van der Waals surface area contributed by atoms with Crippen LogP contribution in [-0.2, 0) is 0 Å². The van der Waals surface area contributed by atoms with Crippen LogP contribution in [0.3, 0.4) is 0 Å². The Hall–Kier alpha value is -1.14. The number of rotatable bonds is 3. The molecule has 1 fully saturated rings. The van der Waals surface area contributed by atoms with Crippen LogP contribution in [0, 0.1) is 0 Å². The highest BCUT2D eigenvalue weighted by Crippen LogP contribution is 2.25. The number of aromatic nitrogens is 1. The lowest BCUT2D eigenvalue weighted by Crippen LogP contribution is -2.46. The fourth-order valence-corrected chi connectivity index (χ4v) is 2.19. The zero-order valence-electron chi connectivity index (χ0n) is 9.95. The van der Waals surface area contributed by atoms with Gasteiger partial charge in [-0.25, -0.2) is 0 Å². The van der Waals surface area contributed by atoms with Crippen LogP contribution in [0.15, 0.2) is 24.5 Å². The maximum Gasteiger partial charge on any atom is 0.390 e. The molecular weight excluding hydrogens is 243 g/mol. The molecule has 3 nitrogen and oxygen atoms in total. The van der Waals surface area contributed by atoms with Crippen molar-refractivity contribution in [2.24, 2.45) is 0 Å². The van der Waals surface area contributed by atoms with Crippen molar-refractivity contribution in [2.75, 3.05) is 26.2 Å². The van der Waals surface area contributed by atoms with Gasteiger partial charge in [-0.15, -0.1) is 0 Å². The highest BCUT2D eigenvalue weighted by molar-refractivity contribution is 5.15. The van der Waals surface area contributed by atoms with Gasteiger partial charge in [0.25, 0.3) is 0 Å². The summed E-state index contributed by atoms with van der Waals surface area (Å²) in [5, 5.41) is 3.21. The summed E-state index contributed by atoms with van der Waals surface area (Å²) >= 11 is 0. The molecule has 0 radical (unpaired) electrons. The van der Waals surface area contributed by atoms with Crippen molar-refractivity contribution in [1.82, 2.24) is 15.2 Å². The van der Waals surface area contributed by atoms with Crippen LogP contribution < -0.4 is 5.32 Å². The average molecular weight is 259 g/mol. The first-order chi connectivity index (χ1) is 8.56. The molecule has 100 valence electrons. The molecule has 18 heavy (non-hydrogen) atoms. The number of halogens is 3. The van der Waals surface area contributed by atoms with Crippen LogP contribution in [0.4, 0.5) is 13.2 Å². The van der Waals surface area contributed by atoms with Crippen molar-refractivity contribution in [2.45, 2.75) is 18.6 Å². The Balaban J connectivity index is 2.02. The summed E-state index contributed by atoms with van der Waals surface area (Å²) in [6.07, 6.45) is -1.47. The van der Waals surface area contributed by atoms with E-state index in [0.29, 0.717) is 13.1 Å². The molecule has 2 heterocycles. The molecule has 1 aromatic rings. The van der Waals surface area contributed by atoms with E-state index in [4.69, 9.17) is 0 Å². The fraction of sp³-hybridized carbons (Fsp3) is 0.583. The predicted molar refractivity (Wildman–Crippen MR) is 62.1 cm³/mol. The minimum atomic E-state index is -4.09. The van der Waals surface area contributed by atoms with Crippen LogP contribution >= 0.6 is 0 Å². The lowest BCUT2D eigenvalue weighted by atomic mass is 10.1. The number of alkyl halides is 3. The van der Waals surface area contributed by atoms with E-state index < -0.39 is 12.6 Å². The summed E-state index contributed by atoms with van der Waals surface area (Å²) in [5.74, 6) is 0. The Kier molecular flexibility index (Phi) is 4.19. The summed E-state index contributed by atoms with van der Waals surface area (Å²) < 4.78 is 36.9. The summed E-state index contributed by atoms with van der Waals surface area (Å²) in [5.41, 5.74) is 0.965. The van der Waals surface area contributed by atoms with Crippen molar-refractivity contribution >= 4 is 0 Å². The smallest absolute Gasteiger partial charge is 0.314 e. The van der Waals surface area contributed by atoms with E-state index >= 15 is 0 Å². The average Bonchev–Trinajstić information content (AvgIpc) is 2.37. The summed E-state index contributed by atoms with van der Waals surface area (Å²) in [6, 6.07) is 3.70. The molecule has 0 bridgehead atoms. The second kappa shape index (κ2) is 5.67. The Morgan fingerprint density at radius 2 is 2.28 bits per heavy atom. The Morgan fingerprint density at radius 1 is 1.44 bits per heavy atom. The standard InChI is InChI=1S/C12H16F3N3/c13-12(14,15)3-6-18-7-5-17-9-11(18)10-2-1-4-16-8-10/h1-2,4,8,11,17H,3,5-7,9H2. The highest BCUT2D eigenvalue weighted by atomic mass is 19.4. The summed E-state index contributed by atoms with van der Waals surface area (Å²) in [6.45, 7) is 2.08. The first-order valence-electron chi connectivity index (χ1n) is 5.98. The molecule has 1 unspecified atom stereocenters. The molecular formula is C12H16F3N3. The zero-order valence-corrected chi connectivity index (χ0v) is 9.95. The van der Waals surface area contributed by atoms with Gasteiger partial charge in [-0.3, -0.25) is 9.88 Å². The molecule has 0 spiro atoms. The lowest BCUT2D eigenvalue weighted by Gasteiger charge is -2.36. The molecule has 0 aromatic carbocycles. The minimum Gasteiger partial charge on any atom is -0.314 e. The fourth-order valence-electron chi connectivity index (χ4n) is 2.19. The number of nitrogens with zero attached hydrogens (tertiary/aromatic N) is 2. The van der Waals surface area contributed by atoms with E-state index in [1.807, 2.05) is 17.0 Å². The van der Waals surface area contributed by atoms with Crippen LogP contribution in [0.2, 0.25) is 0 Å². The van der Waals surface area contributed by atoms with Gasteiger partial charge in [0.15, 0.2) is 0 Å². The summed E-state index contributed by atoms with van der Waals surface area (Å²) in [7, 11) is 0. The third-order valence-corrected chi connectivity index (χ3v) is 3.11. The number of nitrogens with one attached hydrogen (secondary N) is 1. The van der Waals surface area contributed by atoms with E-state index in [1.54, 1.807) is 12.4 Å². The SMILES string of the molecule is FC(F)(F)CCN1CCNCC1c1cccnc1. The molecule has 1 N–H and O–H groups in total. The van der Waals surface area contributed by atoms with Gasteiger partial charge in [0.2, 0.25) is 0 Å². The van der Waals surface area contributed by atoms with Crippen molar-refractivity contribution < 1.29 is 13.2 Å². The molecule has 2 rings (SSSR count). The molecule has 0 saturated carbocycles. The van der Waals surface area contributed by atoms with Crippen molar-refractivity contribution in [3.63, 3.8) is 0 Å². The Morgan fingerprint density at radius 3 is 2.94 bits per heavy atom. The van der Waals surface area contributed by atoms with Gasteiger partial charge < -0.3 is 5.32 Å². The maximum atomic E-state index is 12.3. The monoisotopic (exact) mass is 259 g/mol. The Bertz CT molecular complexity index is 367. The summed E-state index contributed by atoms with van der Waals surface area (Å²) in [4.78, 5) is 5.90. The van der Waals surface area contributed by atoms with Gasteiger partial charge in [-0.2, -0.15) is 13.2 Å². The van der Waals surface area contributed by atoms with E-state index in [0.717, 1.165) is 12.1 Å². The van der Waals surface area contributed by atoms with E-state index in [1.165, 1.54) is 0 Å². The van der Waals surface area contributed by atoms with Crippen molar-refractivity contribution in [1.29, 1.82) is 0 Å². The zero-order chi connectivity index (χ0) is 13.0. The number of pyridine rings is 1. The van der Waals surface area contributed by atoms with Gasteiger partial charge in [-0.1, -0.05) is 6.07 Å². The van der Waals surface area contributed by atoms with Gasteiger partial charge in [0.1, 0.15) is 0 Å². The maximum absolute atomic E-state index is 12.3. The van der Waals surface area contributed by atoms with Gasteiger partial charge in [0, 0.05) is 44.6 Å². The number of piperazine rings is 1. The number of hydrogen-bond donors (Lipinski definition) is 1. The van der Waals surface area contributed by atoms with Gasteiger partial charge >= 0.3 is 6.18 Å². The van der Waals surface area contributed by atoms with Crippen LogP contribution in [-0.4, -0.2) is 42.2 Å². The van der Waals surface area contributed by atoms with Crippen LogP contribution in [0.25, 0.3) is 0 Å². The third kappa shape index (κ3) is 3.68. The minimum absolute atomic E-state index is 0.0187. The molecule has 1 aliphatic rings. The van der Waals surface area contributed by atoms with Gasteiger partial charge in [-0.05, 0) is 11.6 Å². The topological polar surface area (TPSA) is 28.2 Å². The largest absolute Gasteiger partial charge is 0.390 e. The van der Waals surface area contributed by atoms with Crippen molar-refractivity contribution in [3.05, 3.63) is 30.1 Å². The van der Waals surface area contributed by atoms with Gasteiger partial charge in [0.05, 0.1) is 6.42 Å². The predicted octanol–water partition coefficient (Wildman–Crippen LogP) is 1.98. The van der Waals surface area contributed by atoms with Crippen LogP contribution in [0.1, 0.15) is 18.0 Å². The quantitative estimate of drug-likeness (QED) is 0.899. The normalized spacial score (nSPS) is 22.1. The molecule has 1 saturated heterocycles. The first-order valence-corrected chi connectivity index (χ1v) is 5.98. The third-order valence-electron chi connectivity index (χ3n) is 3.11. The molecule has 0 aliphatic carbocycles. The lowest BCUT2D eigenvalue weighted by molar-refractivity contribution is -0.139. The molecule has 6 heteroatoms. The first kappa shape index (κ1) is 13.3. The highest BCUT2D eigenvalue weighted by Gasteiger charge is 2.31. The second-order valence-corrected chi connectivity index (χ2v) is 4.41. The molecule has 0 amide bonds. The Labute approximate surface area is 104 Å². The number of hydrogen-bond acceptors (Lipinski definition) is 3. The van der Waals surface area contributed by atoms with E-state index in [-0.39, 0.29) is 12.6 Å². The van der Waals surface area contributed by atoms with E-state index in [2.05, 4.69) is 10.3 Å². The molecule has 1 aliphatic heterocycles. The molecule has 1 aromatic heterocycles. The second-order valence-electron chi connectivity index (χ2n) is 4.41. The van der Waals surface area contributed by atoms with E-state index in [9.17, 15) is 13.2 Å². The molecule has 1 atom stereocenters. The van der Waals surface area contributed by atoms with Crippen molar-refractivity contribution in [3.8, 4) is 0 Å². The van der Waals surface area contributed by atoms with Crippen LogP contribution in [0.5, 0.6) is 0 Å².